The number of methoxy groups -OCH3 is 1. The number of aliphatic hydroxyl groups is 1. The number of hydrogen-bond acceptors (Lipinski definition) is 2. The molecule has 0 heterocycles. The molecule has 0 aromatic heterocycles. The Bertz CT molecular complexity index is 418. The molecule has 1 N–H and O–H groups in total. The van der Waals surface area contributed by atoms with E-state index >= 15 is 0 Å². The minimum Gasteiger partial charge on any atom is -0.390 e. The average molecular weight is 290 g/mol. The molecule has 1 aromatic carbocycles. The number of halogens is 3. The van der Waals surface area contributed by atoms with E-state index in [0.717, 1.165) is 12.1 Å². The van der Waals surface area contributed by atoms with Crippen LogP contribution in [0.3, 0.4) is 0 Å². The summed E-state index contributed by atoms with van der Waals surface area (Å²) in [5, 5.41) is 10.2. The summed E-state index contributed by atoms with van der Waals surface area (Å²) in [6.07, 6.45) is -5.23. The van der Waals surface area contributed by atoms with Crippen LogP contribution in [0.15, 0.2) is 24.3 Å². The quantitative estimate of drug-likeness (QED) is 0.916. The highest BCUT2D eigenvalue weighted by Gasteiger charge is 2.32. The molecule has 0 amide bonds. The summed E-state index contributed by atoms with van der Waals surface area (Å²) < 4.78 is 42.7. The molecular weight excluding hydrogens is 269 g/mol. The maximum atomic E-state index is 12.5. The predicted molar refractivity (Wildman–Crippen MR) is 71.4 cm³/mol. The smallest absolute Gasteiger partial charge is 0.390 e. The number of ether oxygens (including phenoxy) is 1. The van der Waals surface area contributed by atoms with Crippen molar-refractivity contribution in [2.45, 2.75) is 45.6 Å². The van der Waals surface area contributed by atoms with E-state index in [1.807, 2.05) is 20.8 Å². The molecule has 0 aliphatic carbocycles. The molecule has 2 nitrogen and oxygen atoms in total. The summed E-state index contributed by atoms with van der Waals surface area (Å²) in [6, 6.07) is 4.84. The van der Waals surface area contributed by atoms with Gasteiger partial charge in [-0.15, -0.1) is 0 Å². The Morgan fingerprint density at radius 2 is 1.60 bits per heavy atom. The van der Waals surface area contributed by atoms with Crippen LogP contribution in [0.1, 0.15) is 31.9 Å². The van der Waals surface area contributed by atoms with Crippen LogP contribution in [-0.4, -0.2) is 24.4 Å². The van der Waals surface area contributed by atoms with Gasteiger partial charge < -0.3 is 9.84 Å². The Kier molecular flexibility index (Phi) is 5.21. The fraction of sp³-hybridized carbons (Fsp3) is 0.600. The molecule has 2 unspecified atom stereocenters. The summed E-state index contributed by atoms with van der Waals surface area (Å²) in [4.78, 5) is 0. The van der Waals surface area contributed by atoms with Crippen molar-refractivity contribution < 1.29 is 23.0 Å². The summed E-state index contributed by atoms with van der Waals surface area (Å²) in [6.45, 7) is 5.82. The van der Waals surface area contributed by atoms with E-state index in [9.17, 15) is 18.3 Å². The molecule has 2 atom stereocenters. The van der Waals surface area contributed by atoms with Gasteiger partial charge in [-0.3, -0.25) is 0 Å². The minimum atomic E-state index is -4.34. The van der Waals surface area contributed by atoms with E-state index in [4.69, 9.17) is 4.74 Å². The third-order valence-electron chi connectivity index (χ3n) is 3.18. The highest BCUT2D eigenvalue weighted by atomic mass is 19.4. The lowest BCUT2D eigenvalue weighted by Gasteiger charge is -2.33. The first-order chi connectivity index (χ1) is 9.05. The van der Waals surface area contributed by atoms with Crippen LogP contribution in [0.2, 0.25) is 0 Å². The van der Waals surface area contributed by atoms with Gasteiger partial charge in [0.1, 0.15) is 0 Å². The van der Waals surface area contributed by atoms with E-state index in [1.54, 1.807) is 0 Å². The highest BCUT2D eigenvalue weighted by Crippen LogP contribution is 2.30. The van der Waals surface area contributed by atoms with Gasteiger partial charge in [0, 0.05) is 13.5 Å². The average Bonchev–Trinajstić information content (AvgIpc) is 2.27. The molecule has 20 heavy (non-hydrogen) atoms. The molecule has 1 rings (SSSR count). The molecule has 0 bridgehead atoms. The summed E-state index contributed by atoms with van der Waals surface area (Å²) in [7, 11) is 1.52. The zero-order chi connectivity index (χ0) is 15.6. The molecular formula is C15H21F3O2. The molecule has 5 heteroatoms. The first-order valence-corrected chi connectivity index (χ1v) is 6.42. The van der Waals surface area contributed by atoms with Crippen molar-refractivity contribution in [3.63, 3.8) is 0 Å². The Labute approximate surface area is 117 Å². The van der Waals surface area contributed by atoms with Crippen LogP contribution in [-0.2, 0) is 17.3 Å². The molecule has 0 aliphatic rings. The maximum Gasteiger partial charge on any atom is 0.416 e. The third kappa shape index (κ3) is 4.49. The monoisotopic (exact) mass is 290 g/mol. The summed E-state index contributed by atoms with van der Waals surface area (Å²) >= 11 is 0. The second-order valence-corrected chi connectivity index (χ2v) is 5.99. The topological polar surface area (TPSA) is 29.5 Å². The van der Waals surface area contributed by atoms with Crippen LogP contribution < -0.4 is 0 Å². The Hall–Kier alpha value is -1.07. The molecule has 0 spiro atoms. The molecule has 0 radical (unpaired) electrons. The molecule has 114 valence electrons. The fourth-order valence-electron chi connectivity index (χ4n) is 2.27. The van der Waals surface area contributed by atoms with E-state index in [2.05, 4.69) is 0 Å². The van der Waals surface area contributed by atoms with Crippen LogP contribution in [0.4, 0.5) is 13.2 Å². The molecule has 0 fully saturated rings. The van der Waals surface area contributed by atoms with E-state index in [-0.39, 0.29) is 17.9 Å². The third-order valence-corrected chi connectivity index (χ3v) is 3.18. The second-order valence-electron chi connectivity index (χ2n) is 5.99. The van der Waals surface area contributed by atoms with Crippen molar-refractivity contribution in [1.82, 2.24) is 0 Å². The van der Waals surface area contributed by atoms with Gasteiger partial charge in [-0.05, 0) is 23.1 Å². The zero-order valence-corrected chi connectivity index (χ0v) is 12.2. The first kappa shape index (κ1) is 17.0. The Balaban J connectivity index is 2.78. The van der Waals surface area contributed by atoms with Gasteiger partial charge in [0.25, 0.3) is 0 Å². The van der Waals surface area contributed by atoms with Crippen molar-refractivity contribution in [3.05, 3.63) is 35.4 Å². The molecule has 0 aliphatic heterocycles. The van der Waals surface area contributed by atoms with Crippen LogP contribution in [0.5, 0.6) is 0 Å². The van der Waals surface area contributed by atoms with Crippen molar-refractivity contribution in [2.24, 2.45) is 5.41 Å². The molecule has 1 aromatic rings. The van der Waals surface area contributed by atoms with Gasteiger partial charge in [0.05, 0.1) is 17.8 Å². The maximum absolute atomic E-state index is 12.5. The molecule has 0 saturated carbocycles. The van der Waals surface area contributed by atoms with Crippen LogP contribution in [0.25, 0.3) is 0 Å². The largest absolute Gasteiger partial charge is 0.416 e. The van der Waals surface area contributed by atoms with Crippen molar-refractivity contribution in [3.8, 4) is 0 Å². The number of rotatable bonds is 4. The van der Waals surface area contributed by atoms with Gasteiger partial charge in [0.15, 0.2) is 0 Å². The SMILES string of the molecule is COC(C(O)Cc1ccc(C(F)(F)F)cc1)C(C)(C)C. The Morgan fingerprint density at radius 3 is 1.95 bits per heavy atom. The van der Waals surface area contributed by atoms with Gasteiger partial charge in [-0.1, -0.05) is 32.9 Å². The van der Waals surface area contributed by atoms with Gasteiger partial charge >= 0.3 is 6.18 Å². The second kappa shape index (κ2) is 6.14. The predicted octanol–water partition coefficient (Wildman–Crippen LogP) is 3.67. The highest BCUT2D eigenvalue weighted by molar-refractivity contribution is 5.25. The lowest BCUT2D eigenvalue weighted by Crippen LogP contribution is -2.40. The lowest BCUT2D eigenvalue weighted by atomic mass is 9.83. The van der Waals surface area contributed by atoms with Crippen LogP contribution in [0, 0.1) is 5.41 Å². The first-order valence-electron chi connectivity index (χ1n) is 6.42. The minimum absolute atomic E-state index is 0.250. The van der Waals surface area contributed by atoms with Crippen LogP contribution >= 0.6 is 0 Å². The van der Waals surface area contributed by atoms with E-state index in [0.29, 0.717) is 5.56 Å². The van der Waals surface area contributed by atoms with Gasteiger partial charge in [-0.25, -0.2) is 0 Å². The normalized spacial score (nSPS) is 16.0. The summed E-state index contributed by atoms with van der Waals surface area (Å²) in [5.74, 6) is 0. The zero-order valence-electron chi connectivity index (χ0n) is 12.2. The van der Waals surface area contributed by atoms with Crippen molar-refractivity contribution in [2.75, 3.05) is 7.11 Å². The summed E-state index contributed by atoms with van der Waals surface area (Å²) in [5.41, 5.74) is -0.285. The number of benzene rings is 1. The van der Waals surface area contributed by atoms with E-state index < -0.39 is 17.8 Å². The Morgan fingerprint density at radius 1 is 1.10 bits per heavy atom. The lowest BCUT2D eigenvalue weighted by molar-refractivity contribution is -0.137. The van der Waals surface area contributed by atoms with Gasteiger partial charge in [-0.2, -0.15) is 13.2 Å². The van der Waals surface area contributed by atoms with Crippen molar-refractivity contribution in [1.29, 1.82) is 0 Å². The number of aliphatic hydroxyl groups excluding tert-OH is 1. The van der Waals surface area contributed by atoms with E-state index in [1.165, 1.54) is 19.2 Å². The van der Waals surface area contributed by atoms with Gasteiger partial charge in [0.2, 0.25) is 0 Å². The standard InChI is InChI=1S/C15H21F3O2/c1-14(2,3)13(20-4)12(19)9-10-5-7-11(8-6-10)15(16,17)18/h5-8,12-13,19H,9H2,1-4H3. The van der Waals surface area contributed by atoms with Crippen molar-refractivity contribution >= 4 is 0 Å². The molecule has 0 saturated heterocycles. The number of alkyl halides is 3. The number of hydrogen-bond donors (Lipinski definition) is 1. The fourth-order valence-corrected chi connectivity index (χ4v) is 2.27.